The van der Waals surface area contributed by atoms with E-state index in [0.29, 0.717) is 25.1 Å². The first kappa shape index (κ1) is 14.3. The van der Waals surface area contributed by atoms with Gasteiger partial charge in [-0.1, -0.05) is 13.0 Å². The molecule has 0 saturated carbocycles. The predicted molar refractivity (Wildman–Crippen MR) is 75.1 cm³/mol. The van der Waals surface area contributed by atoms with E-state index in [9.17, 15) is 20.0 Å². The van der Waals surface area contributed by atoms with Crippen molar-refractivity contribution >= 4 is 17.3 Å². The van der Waals surface area contributed by atoms with Gasteiger partial charge in [-0.2, -0.15) is 0 Å². The minimum atomic E-state index is -1.03. The second kappa shape index (κ2) is 5.11. The number of nitro groups is 1. The van der Waals surface area contributed by atoms with E-state index in [4.69, 9.17) is 0 Å². The van der Waals surface area contributed by atoms with Crippen molar-refractivity contribution in [3.63, 3.8) is 0 Å². The van der Waals surface area contributed by atoms with E-state index >= 15 is 0 Å². The number of rotatable bonds is 4. The van der Waals surface area contributed by atoms with Crippen molar-refractivity contribution in [3.8, 4) is 0 Å². The van der Waals surface area contributed by atoms with Gasteiger partial charge in [0, 0.05) is 12.6 Å². The Kier molecular flexibility index (Phi) is 3.65. The third kappa shape index (κ3) is 2.11. The SMILES string of the molecule is CCC1(C(=O)O)CCCN1c1ccc(C)cc1[N+](=O)[O-]. The number of carboxylic acids is 1. The Morgan fingerprint density at radius 2 is 2.25 bits per heavy atom. The average Bonchev–Trinajstić information content (AvgIpc) is 2.83. The maximum atomic E-state index is 11.7. The van der Waals surface area contributed by atoms with E-state index in [1.807, 2.05) is 6.92 Å². The minimum Gasteiger partial charge on any atom is -0.479 e. The quantitative estimate of drug-likeness (QED) is 0.676. The molecule has 1 atom stereocenters. The molecule has 1 heterocycles. The average molecular weight is 278 g/mol. The molecule has 1 fully saturated rings. The van der Waals surface area contributed by atoms with Crippen LogP contribution in [0.2, 0.25) is 0 Å². The Labute approximate surface area is 117 Å². The van der Waals surface area contributed by atoms with Crippen LogP contribution in [0.1, 0.15) is 31.7 Å². The Hall–Kier alpha value is -2.11. The number of carboxylic acid groups (broad SMARTS) is 1. The summed E-state index contributed by atoms with van der Waals surface area (Å²) in [5, 5.41) is 20.8. The standard InChI is InChI=1S/C14H18N2O4/c1-3-14(13(17)18)7-4-8-15(14)11-6-5-10(2)9-12(11)16(19)20/h5-6,9H,3-4,7-8H2,1-2H3,(H,17,18). The van der Waals surface area contributed by atoms with Crippen molar-refractivity contribution in [2.75, 3.05) is 11.4 Å². The highest BCUT2D eigenvalue weighted by Gasteiger charge is 2.47. The molecular formula is C14H18N2O4. The number of hydrogen-bond acceptors (Lipinski definition) is 4. The zero-order valence-electron chi connectivity index (χ0n) is 11.6. The van der Waals surface area contributed by atoms with Crippen LogP contribution in [-0.4, -0.2) is 28.1 Å². The number of anilines is 1. The van der Waals surface area contributed by atoms with Gasteiger partial charge in [0.05, 0.1) is 4.92 Å². The second-order valence-corrected chi connectivity index (χ2v) is 5.19. The van der Waals surface area contributed by atoms with Crippen LogP contribution < -0.4 is 4.90 Å². The van der Waals surface area contributed by atoms with E-state index in [-0.39, 0.29) is 5.69 Å². The maximum absolute atomic E-state index is 11.7. The highest BCUT2D eigenvalue weighted by Crippen LogP contribution is 2.41. The molecule has 108 valence electrons. The molecule has 1 aromatic carbocycles. The summed E-state index contributed by atoms with van der Waals surface area (Å²) >= 11 is 0. The number of carbonyl (C=O) groups is 1. The van der Waals surface area contributed by atoms with E-state index in [0.717, 1.165) is 12.0 Å². The highest BCUT2D eigenvalue weighted by atomic mass is 16.6. The smallest absolute Gasteiger partial charge is 0.329 e. The van der Waals surface area contributed by atoms with Gasteiger partial charge in [-0.05, 0) is 37.8 Å². The summed E-state index contributed by atoms with van der Waals surface area (Å²) in [5.41, 5.74) is 0.144. The van der Waals surface area contributed by atoms with Gasteiger partial charge >= 0.3 is 5.97 Å². The first-order valence-corrected chi connectivity index (χ1v) is 6.68. The van der Waals surface area contributed by atoms with Gasteiger partial charge < -0.3 is 10.0 Å². The topological polar surface area (TPSA) is 83.7 Å². The number of nitrogens with zero attached hydrogens (tertiary/aromatic N) is 2. The highest BCUT2D eigenvalue weighted by molar-refractivity contribution is 5.86. The molecule has 0 bridgehead atoms. The molecule has 1 N–H and O–H groups in total. The fourth-order valence-electron chi connectivity index (χ4n) is 2.98. The molecule has 0 radical (unpaired) electrons. The van der Waals surface area contributed by atoms with Crippen molar-refractivity contribution < 1.29 is 14.8 Å². The summed E-state index contributed by atoms with van der Waals surface area (Å²) in [5.74, 6) is -0.910. The molecule has 20 heavy (non-hydrogen) atoms. The normalized spacial score (nSPS) is 22.0. The number of hydrogen-bond donors (Lipinski definition) is 1. The van der Waals surface area contributed by atoms with Gasteiger partial charge in [-0.15, -0.1) is 0 Å². The third-order valence-electron chi connectivity index (χ3n) is 4.09. The molecule has 1 unspecified atom stereocenters. The Morgan fingerprint density at radius 3 is 2.80 bits per heavy atom. The van der Waals surface area contributed by atoms with Crippen LogP contribution >= 0.6 is 0 Å². The lowest BCUT2D eigenvalue weighted by Crippen LogP contribution is -2.50. The third-order valence-corrected chi connectivity index (χ3v) is 4.09. The van der Waals surface area contributed by atoms with E-state index in [1.54, 1.807) is 24.0 Å². The summed E-state index contributed by atoms with van der Waals surface area (Å²) in [6, 6.07) is 4.94. The van der Waals surface area contributed by atoms with Crippen molar-refractivity contribution in [3.05, 3.63) is 33.9 Å². The van der Waals surface area contributed by atoms with Crippen LogP contribution in [0.5, 0.6) is 0 Å². The Balaban J connectivity index is 2.55. The van der Waals surface area contributed by atoms with Crippen LogP contribution in [0.3, 0.4) is 0 Å². The van der Waals surface area contributed by atoms with E-state index in [2.05, 4.69) is 0 Å². The fraction of sp³-hybridized carbons (Fsp3) is 0.500. The van der Waals surface area contributed by atoms with Crippen LogP contribution in [0.15, 0.2) is 18.2 Å². The lowest BCUT2D eigenvalue weighted by molar-refractivity contribution is -0.384. The van der Waals surface area contributed by atoms with Crippen molar-refractivity contribution in [1.29, 1.82) is 0 Å². The summed E-state index contributed by atoms with van der Waals surface area (Å²) < 4.78 is 0. The molecule has 1 aliphatic heterocycles. The largest absolute Gasteiger partial charge is 0.479 e. The number of aryl methyl sites for hydroxylation is 1. The van der Waals surface area contributed by atoms with E-state index < -0.39 is 16.4 Å². The zero-order chi connectivity index (χ0) is 14.9. The zero-order valence-corrected chi connectivity index (χ0v) is 11.6. The number of aliphatic carboxylic acids is 1. The molecule has 0 amide bonds. The van der Waals surface area contributed by atoms with Crippen LogP contribution in [0.4, 0.5) is 11.4 Å². The molecule has 0 aromatic heterocycles. The molecule has 6 nitrogen and oxygen atoms in total. The molecule has 6 heteroatoms. The first-order chi connectivity index (χ1) is 9.42. The molecule has 1 aromatic rings. The molecule has 0 spiro atoms. The van der Waals surface area contributed by atoms with Crippen molar-refractivity contribution in [2.24, 2.45) is 0 Å². The molecule has 1 saturated heterocycles. The van der Waals surface area contributed by atoms with Crippen molar-refractivity contribution in [2.45, 2.75) is 38.6 Å². The Morgan fingerprint density at radius 1 is 1.55 bits per heavy atom. The summed E-state index contributed by atoms with van der Waals surface area (Å²) in [6.45, 7) is 4.13. The monoisotopic (exact) mass is 278 g/mol. The van der Waals surface area contributed by atoms with Gasteiger partial charge in [0.2, 0.25) is 0 Å². The lowest BCUT2D eigenvalue weighted by atomic mass is 9.92. The number of nitro benzene ring substituents is 1. The minimum absolute atomic E-state index is 0.0222. The molecule has 1 aliphatic rings. The molecule has 0 aliphatic carbocycles. The molecular weight excluding hydrogens is 260 g/mol. The van der Waals surface area contributed by atoms with Crippen molar-refractivity contribution in [1.82, 2.24) is 0 Å². The summed E-state index contributed by atoms with van der Waals surface area (Å²) in [6.07, 6.45) is 1.67. The van der Waals surface area contributed by atoms with Crippen LogP contribution in [0, 0.1) is 17.0 Å². The second-order valence-electron chi connectivity index (χ2n) is 5.19. The van der Waals surface area contributed by atoms with Gasteiger partial charge in [0.25, 0.3) is 5.69 Å². The summed E-state index contributed by atoms with van der Waals surface area (Å²) in [7, 11) is 0. The first-order valence-electron chi connectivity index (χ1n) is 6.68. The molecule has 2 rings (SSSR count). The van der Waals surface area contributed by atoms with Gasteiger partial charge in [0.1, 0.15) is 11.2 Å². The van der Waals surface area contributed by atoms with Gasteiger partial charge in [0.15, 0.2) is 0 Å². The van der Waals surface area contributed by atoms with Crippen LogP contribution in [0.25, 0.3) is 0 Å². The predicted octanol–water partition coefficient (Wildman–Crippen LogP) is 2.74. The Bertz CT molecular complexity index is 558. The summed E-state index contributed by atoms with van der Waals surface area (Å²) in [4.78, 5) is 24.2. The van der Waals surface area contributed by atoms with E-state index in [1.165, 1.54) is 6.07 Å². The lowest BCUT2D eigenvalue weighted by Gasteiger charge is -2.35. The fourth-order valence-corrected chi connectivity index (χ4v) is 2.98. The maximum Gasteiger partial charge on any atom is 0.329 e. The van der Waals surface area contributed by atoms with Crippen LogP contribution in [-0.2, 0) is 4.79 Å². The van der Waals surface area contributed by atoms with Gasteiger partial charge in [-0.3, -0.25) is 10.1 Å². The van der Waals surface area contributed by atoms with Gasteiger partial charge in [-0.25, -0.2) is 4.79 Å². The number of benzene rings is 1.